The first-order valence-electron chi connectivity index (χ1n) is 13.3. The van der Waals surface area contributed by atoms with Crippen molar-refractivity contribution in [1.82, 2.24) is 0 Å². The molecule has 37 heavy (non-hydrogen) atoms. The summed E-state index contributed by atoms with van der Waals surface area (Å²) in [5, 5.41) is 10.8. The van der Waals surface area contributed by atoms with E-state index in [9.17, 15) is 14.7 Å². The average molecular weight is 501 g/mol. The van der Waals surface area contributed by atoms with Crippen LogP contribution < -0.4 is 0 Å². The fourth-order valence-electron chi connectivity index (χ4n) is 5.65. The number of esters is 2. The molecule has 0 heterocycles. The summed E-state index contributed by atoms with van der Waals surface area (Å²) in [5.74, 6) is -1.10. The zero-order chi connectivity index (χ0) is 26.4. The maximum Gasteiger partial charge on any atom is 0.324 e. The molecule has 0 amide bonds. The van der Waals surface area contributed by atoms with E-state index >= 15 is 0 Å². The molecule has 1 N–H and O–H groups in total. The summed E-state index contributed by atoms with van der Waals surface area (Å²) >= 11 is 0. The zero-order valence-electron chi connectivity index (χ0n) is 22.0. The van der Waals surface area contributed by atoms with E-state index in [-0.39, 0.29) is 32.7 Å². The number of unbranched alkanes of at least 4 members (excludes halogenated alkanes) is 1. The molecule has 0 saturated carbocycles. The molecular formula is C32H36O5. The lowest BCUT2D eigenvalue weighted by atomic mass is 9.81. The zero-order valence-corrected chi connectivity index (χ0v) is 22.0. The standard InChI is InChI=1S/C32H36O5/c1-4-7-18-24-27(21-33)29(23-16-12-9-13-17-23)26-20-32(30(34)36-5-2,31(35)37-6-3)19-25(26)28(24)22-14-10-8-11-15-22/h8-17,33H,4-7,18-21H2,1-3H3. The average Bonchev–Trinajstić information content (AvgIpc) is 3.33. The molecule has 0 atom stereocenters. The minimum absolute atomic E-state index is 0.137. The van der Waals surface area contributed by atoms with Crippen LogP contribution in [0.4, 0.5) is 0 Å². The molecular weight excluding hydrogens is 464 g/mol. The van der Waals surface area contributed by atoms with Crippen molar-refractivity contribution in [1.29, 1.82) is 0 Å². The molecule has 0 spiro atoms. The Kier molecular flexibility index (Phi) is 8.45. The second kappa shape index (κ2) is 11.7. The van der Waals surface area contributed by atoms with Gasteiger partial charge in [0.05, 0.1) is 19.8 Å². The second-order valence-corrected chi connectivity index (χ2v) is 9.53. The quantitative estimate of drug-likeness (QED) is 0.270. The van der Waals surface area contributed by atoms with Crippen LogP contribution in [0.2, 0.25) is 0 Å². The third-order valence-corrected chi connectivity index (χ3v) is 7.29. The molecule has 1 aliphatic rings. The Bertz CT molecular complexity index is 1230. The van der Waals surface area contributed by atoms with Gasteiger partial charge in [0.1, 0.15) is 0 Å². The van der Waals surface area contributed by atoms with Crippen molar-refractivity contribution >= 4 is 11.9 Å². The van der Waals surface area contributed by atoms with Gasteiger partial charge in [-0.15, -0.1) is 0 Å². The highest BCUT2D eigenvalue weighted by atomic mass is 16.6. The summed E-state index contributed by atoms with van der Waals surface area (Å²) in [5.41, 5.74) is 6.27. The molecule has 3 aromatic carbocycles. The number of hydrogen-bond acceptors (Lipinski definition) is 5. The van der Waals surface area contributed by atoms with Crippen molar-refractivity contribution in [3.63, 3.8) is 0 Å². The molecule has 0 unspecified atom stereocenters. The van der Waals surface area contributed by atoms with Gasteiger partial charge < -0.3 is 14.6 Å². The van der Waals surface area contributed by atoms with Crippen LogP contribution >= 0.6 is 0 Å². The topological polar surface area (TPSA) is 72.8 Å². The van der Waals surface area contributed by atoms with Gasteiger partial charge >= 0.3 is 11.9 Å². The molecule has 3 aromatic rings. The molecule has 0 fully saturated rings. The van der Waals surface area contributed by atoms with E-state index in [0.717, 1.165) is 63.8 Å². The van der Waals surface area contributed by atoms with Crippen LogP contribution in [-0.4, -0.2) is 30.3 Å². The number of fused-ring (bicyclic) bond motifs is 1. The molecule has 0 bridgehead atoms. The van der Waals surface area contributed by atoms with Crippen LogP contribution in [0.15, 0.2) is 60.7 Å². The van der Waals surface area contributed by atoms with Crippen LogP contribution in [0.3, 0.4) is 0 Å². The third kappa shape index (κ3) is 4.93. The van der Waals surface area contributed by atoms with Gasteiger partial charge in [0.25, 0.3) is 0 Å². The van der Waals surface area contributed by atoms with E-state index in [4.69, 9.17) is 9.47 Å². The highest BCUT2D eigenvalue weighted by Crippen LogP contribution is 2.50. The van der Waals surface area contributed by atoms with Crippen LogP contribution in [0.1, 0.15) is 55.9 Å². The normalized spacial score (nSPS) is 13.7. The molecule has 4 rings (SSSR count). The van der Waals surface area contributed by atoms with Crippen molar-refractivity contribution in [2.45, 2.75) is 59.5 Å². The number of carbonyl (C=O) groups is 2. The van der Waals surface area contributed by atoms with Crippen molar-refractivity contribution < 1.29 is 24.2 Å². The Labute approximate surface area is 219 Å². The number of hydrogen-bond donors (Lipinski definition) is 1. The first-order chi connectivity index (χ1) is 18.0. The number of rotatable bonds is 10. The Hall–Kier alpha value is -3.44. The summed E-state index contributed by atoms with van der Waals surface area (Å²) < 4.78 is 11.0. The molecule has 0 aliphatic heterocycles. The van der Waals surface area contributed by atoms with Gasteiger partial charge in [-0.1, -0.05) is 74.0 Å². The maximum absolute atomic E-state index is 13.5. The second-order valence-electron chi connectivity index (χ2n) is 9.53. The fourth-order valence-corrected chi connectivity index (χ4v) is 5.65. The first-order valence-corrected chi connectivity index (χ1v) is 13.3. The number of ether oxygens (including phenoxy) is 2. The van der Waals surface area contributed by atoms with E-state index in [1.165, 1.54) is 0 Å². The number of aliphatic hydroxyl groups excluding tert-OH is 1. The van der Waals surface area contributed by atoms with Gasteiger partial charge in [-0.05, 0) is 71.2 Å². The predicted molar refractivity (Wildman–Crippen MR) is 145 cm³/mol. The van der Waals surface area contributed by atoms with Gasteiger partial charge in [0, 0.05) is 12.8 Å². The molecule has 1 aliphatic carbocycles. The van der Waals surface area contributed by atoms with E-state index in [2.05, 4.69) is 19.1 Å². The van der Waals surface area contributed by atoms with Gasteiger partial charge in [0.15, 0.2) is 5.41 Å². The molecule has 5 nitrogen and oxygen atoms in total. The largest absolute Gasteiger partial charge is 0.465 e. The van der Waals surface area contributed by atoms with Crippen LogP contribution in [0.25, 0.3) is 22.3 Å². The Morgan fingerprint density at radius 1 is 0.757 bits per heavy atom. The Morgan fingerprint density at radius 3 is 1.62 bits per heavy atom. The third-order valence-electron chi connectivity index (χ3n) is 7.29. The molecule has 0 aromatic heterocycles. The Morgan fingerprint density at radius 2 is 1.22 bits per heavy atom. The lowest BCUT2D eigenvalue weighted by Crippen LogP contribution is -2.43. The monoisotopic (exact) mass is 500 g/mol. The summed E-state index contributed by atoms with van der Waals surface area (Å²) in [4.78, 5) is 27.0. The summed E-state index contributed by atoms with van der Waals surface area (Å²) in [6.45, 7) is 5.86. The molecule has 5 heteroatoms. The van der Waals surface area contributed by atoms with E-state index in [1.807, 2.05) is 48.5 Å². The van der Waals surface area contributed by atoms with Gasteiger partial charge in [-0.25, -0.2) is 0 Å². The predicted octanol–water partition coefficient (Wildman–Crippen LogP) is 6.07. The highest BCUT2D eigenvalue weighted by molar-refractivity contribution is 6.03. The van der Waals surface area contributed by atoms with Gasteiger partial charge in [-0.3, -0.25) is 9.59 Å². The molecule has 0 saturated heterocycles. The SMILES string of the molecule is CCCCc1c(CO)c(-c2ccccc2)c2c(c1-c1ccccc1)CC(C(=O)OCC)(C(=O)OCC)C2. The van der Waals surface area contributed by atoms with Crippen LogP contribution in [0.5, 0.6) is 0 Å². The van der Waals surface area contributed by atoms with Crippen LogP contribution in [-0.2, 0) is 44.9 Å². The van der Waals surface area contributed by atoms with E-state index in [1.54, 1.807) is 13.8 Å². The van der Waals surface area contributed by atoms with Gasteiger partial charge in [-0.2, -0.15) is 0 Å². The lowest BCUT2D eigenvalue weighted by Gasteiger charge is -2.24. The molecule has 194 valence electrons. The number of benzene rings is 3. The summed E-state index contributed by atoms with van der Waals surface area (Å²) in [7, 11) is 0. The molecule has 0 radical (unpaired) electrons. The van der Waals surface area contributed by atoms with Crippen molar-refractivity contribution in [3.05, 3.63) is 82.9 Å². The van der Waals surface area contributed by atoms with E-state index < -0.39 is 17.4 Å². The maximum atomic E-state index is 13.5. The number of aliphatic hydroxyl groups is 1. The van der Waals surface area contributed by atoms with Crippen LogP contribution in [0, 0.1) is 5.41 Å². The minimum atomic E-state index is -1.46. The van der Waals surface area contributed by atoms with Gasteiger partial charge in [0.2, 0.25) is 0 Å². The van der Waals surface area contributed by atoms with Crippen molar-refractivity contribution in [3.8, 4) is 22.3 Å². The lowest BCUT2D eigenvalue weighted by molar-refractivity contribution is -0.171. The minimum Gasteiger partial charge on any atom is -0.465 e. The Balaban J connectivity index is 2.09. The fraction of sp³-hybridized carbons (Fsp3) is 0.375. The van der Waals surface area contributed by atoms with Crippen molar-refractivity contribution in [2.24, 2.45) is 5.41 Å². The van der Waals surface area contributed by atoms with Crippen molar-refractivity contribution in [2.75, 3.05) is 13.2 Å². The summed E-state index contributed by atoms with van der Waals surface area (Å²) in [6.07, 6.45) is 3.13. The smallest absolute Gasteiger partial charge is 0.324 e. The van der Waals surface area contributed by atoms with E-state index in [0.29, 0.717) is 0 Å². The summed E-state index contributed by atoms with van der Waals surface area (Å²) in [6, 6.07) is 20.0. The first kappa shape index (κ1) is 26.6. The highest BCUT2D eigenvalue weighted by Gasteiger charge is 2.54. The number of carbonyl (C=O) groups excluding carboxylic acids is 2.